The molecule has 1 aromatic carbocycles. The molecule has 0 amide bonds. The van der Waals surface area contributed by atoms with E-state index in [0.29, 0.717) is 13.1 Å². The van der Waals surface area contributed by atoms with E-state index < -0.39 is 12.7 Å². The van der Waals surface area contributed by atoms with Crippen LogP contribution in [0.3, 0.4) is 0 Å². The highest BCUT2D eigenvalue weighted by atomic mass is 19.4. The smallest absolute Gasteiger partial charge is 0.401 e. The lowest BCUT2D eigenvalue weighted by Crippen LogP contribution is -2.37. The largest absolute Gasteiger partial charge is 0.490 e. The van der Waals surface area contributed by atoms with E-state index in [0.717, 1.165) is 30.6 Å². The molecule has 0 radical (unpaired) electrons. The molecular formula is C16H21F3N2O. The maximum absolute atomic E-state index is 12.6. The zero-order valence-electron chi connectivity index (χ0n) is 12.4. The molecule has 1 saturated carbocycles. The van der Waals surface area contributed by atoms with Gasteiger partial charge in [0.2, 0.25) is 0 Å². The maximum atomic E-state index is 12.6. The van der Waals surface area contributed by atoms with Crippen LogP contribution in [0.5, 0.6) is 5.75 Å². The van der Waals surface area contributed by atoms with E-state index in [9.17, 15) is 13.2 Å². The van der Waals surface area contributed by atoms with Crippen LogP contribution in [0.25, 0.3) is 0 Å². The fraction of sp³-hybridized carbons (Fsp3) is 0.625. The minimum absolute atomic E-state index is 0.0122. The van der Waals surface area contributed by atoms with Gasteiger partial charge in [0.1, 0.15) is 11.9 Å². The molecule has 2 bridgehead atoms. The van der Waals surface area contributed by atoms with Crippen LogP contribution in [-0.4, -0.2) is 36.3 Å². The number of halogens is 3. The summed E-state index contributed by atoms with van der Waals surface area (Å²) in [5.41, 5.74) is 6.60. The van der Waals surface area contributed by atoms with Crippen molar-refractivity contribution in [3.63, 3.8) is 0 Å². The number of ether oxygens (including phenoxy) is 1. The zero-order valence-corrected chi connectivity index (χ0v) is 12.4. The quantitative estimate of drug-likeness (QED) is 0.928. The molecule has 122 valence electrons. The first-order valence-electron chi connectivity index (χ1n) is 7.71. The first kappa shape index (κ1) is 15.6. The van der Waals surface area contributed by atoms with E-state index in [4.69, 9.17) is 10.5 Å². The van der Waals surface area contributed by atoms with Gasteiger partial charge in [-0.25, -0.2) is 0 Å². The molecule has 6 heteroatoms. The summed E-state index contributed by atoms with van der Waals surface area (Å²) in [7, 11) is 0. The molecule has 3 unspecified atom stereocenters. The number of nitrogens with zero attached hydrogens (tertiary/aromatic N) is 1. The van der Waals surface area contributed by atoms with Gasteiger partial charge in [0, 0.05) is 25.0 Å². The number of rotatable bonds is 4. The highest BCUT2D eigenvalue weighted by Gasteiger charge is 2.45. The van der Waals surface area contributed by atoms with Gasteiger partial charge in [0.15, 0.2) is 0 Å². The average Bonchev–Trinajstić information content (AvgIpc) is 2.78. The van der Waals surface area contributed by atoms with Crippen LogP contribution in [0.1, 0.15) is 24.8 Å². The second-order valence-corrected chi connectivity index (χ2v) is 6.28. The summed E-state index contributed by atoms with van der Waals surface area (Å²) in [6.07, 6.45) is -1.70. The highest BCUT2D eigenvalue weighted by Crippen LogP contribution is 2.39. The minimum atomic E-state index is -4.12. The van der Waals surface area contributed by atoms with Crippen LogP contribution in [0.15, 0.2) is 24.3 Å². The van der Waals surface area contributed by atoms with Gasteiger partial charge in [-0.3, -0.25) is 4.90 Å². The van der Waals surface area contributed by atoms with Gasteiger partial charge < -0.3 is 10.5 Å². The number of fused-ring (bicyclic) bond motifs is 2. The molecule has 2 aliphatic rings. The van der Waals surface area contributed by atoms with Gasteiger partial charge >= 0.3 is 6.18 Å². The molecule has 0 aromatic heterocycles. The Morgan fingerprint density at radius 2 is 1.91 bits per heavy atom. The van der Waals surface area contributed by atoms with Crippen molar-refractivity contribution in [2.45, 2.75) is 44.1 Å². The van der Waals surface area contributed by atoms with E-state index in [2.05, 4.69) is 0 Å². The molecule has 3 atom stereocenters. The lowest BCUT2D eigenvalue weighted by atomic mass is 9.87. The maximum Gasteiger partial charge on any atom is 0.401 e. The molecule has 2 N–H and O–H groups in total. The van der Waals surface area contributed by atoms with E-state index >= 15 is 0 Å². The Hall–Kier alpha value is -1.27. The normalized spacial score (nSPS) is 28.8. The van der Waals surface area contributed by atoms with Gasteiger partial charge in [0.25, 0.3) is 0 Å². The molecule has 0 spiro atoms. The predicted molar refractivity (Wildman–Crippen MR) is 77.5 cm³/mol. The number of alkyl halides is 3. The number of hydrogen-bond acceptors (Lipinski definition) is 3. The van der Waals surface area contributed by atoms with Crippen molar-refractivity contribution in [2.75, 3.05) is 13.1 Å². The summed E-state index contributed by atoms with van der Waals surface area (Å²) in [5, 5.41) is 0. The van der Waals surface area contributed by atoms with Crippen LogP contribution in [0.4, 0.5) is 13.2 Å². The van der Waals surface area contributed by atoms with Gasteiger partial charge in [-0.05, 0) is 37.0 Å². The summed E-state index contributed by atoms with van der Waals surface area (Å²) in [6.45, 7) is 0.169. The summed E-state index contributed by atoms with van der Waals surface area (Å²) < 4.78 is 43.8. The van der Waals surface area contributed by atoms with E-state index in [-0.39, 0.29) is 18.1 Å². The lowest BCUT2D eigenvalue weighted by Gasteiger charge is -2.29. The minimum Gasteiger partial charge on any atom is -0.490 e. The monoisotopic (exact) mass is 314 g/mol. The molecule has 1 aliphatic carbocycles. The fourth-order valence-electron chi connectivity index (χ4n) is 3.64. The van der Waals surface area contributed by atoms with Crippen LogP contribution in [-0.2, 0) is 6.54 Å². The highest BCUT2D eigenvalue weighted by molar-refractivity contribution is 5.27. The first-order chi connectivity index (χ1) is 10.4. The summed E-state index contributed by atoms with van der Waals surface area (Å²) in [6, 6.07) is 7.68. The Morgan fingerprint density at radius 3 is 2.55 bits per heavy atom. The van der Waals surface area contributed by atoms with Gasteiger partial charge in [-0.15, -0.1) is 0 Å². The standard InChI is InChI=1S/C16H21F3N2O/c17-16(18,19)10-21-9-12-7-13(21)3-6-15(12)22-14-4-1-11(8-20)2-5-14/h1-2,4-5,12-13,15H,3,6-10,20H2. The number of likely N-dealkylation sites (tertiary alicyclic amines) is 1. The molecule has 3 rings (SSSR count). The van der Waals surface area contributed by atoms with E-state index in [1.165, 1.54) is 0 Å². The van der Waals surface area contributed by atoms with Crippen LogP contribution in [0.2, 0.25) is 0 Å². The third kappa shape index (κ3) is 3.55. The fourth-order valence-corrected chi connectivity index (χ4v) is 3.64. The molecule has 1 saturated heterocycles. The molecule has 1 aliphatic heterocycles. The van der Waals surface area contributed by atoms with Gasteiger partial charge in [-0.1, -0.05) is 12.1 Å². The third-order valence-corrected chi connectivity index (χ3v) is 4.70. The van der Waals surface area contributed by atoms with Crippen molar-refractivity contribution in [1.29, 1.82) is 0 Å². The third-order valence-electron chi connectivity index (χ3n) is 4.70. The predicted octanol–water partition coefficient (Wildman–Crippen LogP) is 2.94. The van der Waals surface area contributed by atoms with Crippen molar-refractivity contribution < 1.29 is 17.9 Å². The number of hydrogen-bond donors (Lipinski definition) is 1. The van der Waals surface area contributed by atoms with E-state index in [1.807, 2.05) is 24.3 Å². The Labute approximate surface area is 128 Å². The van der Waals surface area contributed by atoms with Crippen LogP contribution < -0.4 is 10.5 Å². The molecular weight excluding hydrogens is 293 g/mol. The Balaban J connectivity index is 1.60. The second kappa shape index (κ2) is 6.08. The zero-order chi connectivity index (χ0) is 15.7. The van der Waals surface area contributed by atoms with Crippen LogP contribution >= 0.6 is 0 Å². The Morgan fingerprint density at radius 1 is 1.18 bits per heavy atom. The Bertz CT molecular complexity index is 503. The first-order valence-corrected chi connectivity index (χ1v) is 7.71. The van der Waals surface area contributed by atoms with Gasteiger partial charge in [-0.2, -0.15) is 13.2 Å². The SMILES string of the molecule is NCc1ccc(OC2CCC3CC2CN3CC(F)(F)F)cc1. The van der Waals surface area contributed by atoms with Crippen molar-refractivity contribution >= 4 is 0 Å². The molecule has 1 aromatic rings. The van der Waals surface area contributed by atoms with Crippen molar-refractivity contribution in [3.8, 4) is 5.75 Å². The summed E-state index contributed by atoms with van der Waals surface area (Å²) in [5.74, 6) is 0.963. The Kier molecular flexibility index (Phi) is 4.32. The summed E-state index contributed by atoms with van der Waals surface area (Å²) >= 11 is 0. The summed E-state index contributed by atoms with van der Waals surface area (Å²) in [4.78, 5) is 1.57. The lowest BCUT2D eigenvalue weighted by molar-refractivity contribution is -0.147. The molecule has 2 fully saturated rings. The van der Waals surface area contributed by atoms with Crippen molar-refractivity contribution in [2.24, 2.45) is 11.7 Å². The van der Waals surface area contributed by atoms with Crippen molar-refractivity contribution in [1.82, 2.24) is 4.90 Å². The van der Waals surface area contributed by atoms with Crippen molar-refractivity contribution in [3.05, 3.63) is 29.8 Å². The van der Waals surface area contributed by atoms with E-state index in [1.54, 1.807) is 4.90 Å². The average molecular weight is 314 g/mol. The topological polar surface area (TPSA) is 38.5 Å². The molecule has 1 heterocycles. The number of nitrogens with two attached hydrogens (primary N) is 1. The van der Waals surface area contributed by atoms with Gasteiger partial charge in [0.05, 0.1) is 6.54 Å². The molecule has 22 heavy (non-hydrogen) atoms. The second-order valence-electron chi connectivity index (χ2n) is 6.28. The number of benzene rings is 1. The molecule has 3 nitrogen and oxygen atoms in total. The van der Waals surface area contributed by atoms with Crippen LogP contribution in [0, 0.1) is 5.92 Å².